The van der Waals surface area contributed by atoms with E-state index in [9.17, 15) is 9.59 Å². The maximum absolute atomic E-state index is 11.6. The fraction of sp³-hybridized carbons (Fsp3) is 0.0833. The molecule has 0 saturated carbocycles. The first kappa shape index (κ1) is 13.2. The molecule has 1 saturated heterocycles. The van der Waals surface area contributed by atoms with E-state index in [1.807, 2.05) is 0 Å². The number of carboxylic acid groups (broad SMARTS) is 1. The number of thioether (sulfide) groups is 1. The topological polar surface area (TPSA) is 99.0 Å². The molecular formula is C12H10N2O4S. The van der Waals surface area contributed by atoms with Gasteiger partial charge in [0.1, 0.15) is 12.3 Å². The predicted octanol–water partition coefficient (Wildman–Crippen LogP) is 1.04. The zero-order valence-electron chi connectivity index (χ0n) is 9.66. The summed E-state index contributed by atoms with van der Waals surface area (Å²) in [5, 5.41) is 20.4. The lowest BCUT2D eigenvalue weighted by molar-refractivity contribution is -0.135. The standard InChI is InChI=1S/C12H10N2O4S/c15-8-3-1-7(2-4-8)5-9-11(18)14-12(19-9)13-6-10(16)17/h1-5,15H,6H2,(H,16,17)(H,13,14,18)/b9-5-. The van der Waals surface area contributed by atoms with Crippen molar-refractivity contribution >= 4 is 34.9 Å². The summed E-state index contributed by atoms with van der Waals surface area (Å²) in [6, 6.07) is 6.37. The van der Waals surface area contributed by atoms with Gasteiger partial charge < -0.3 is 15.5 Å². The van der Waals surface area contributed by atoms with E-state index in [0.29, 0.717) is 4.91 Å². The van der Waals surface area contributed by atoms with Gasteiger partial charge in [0.2, 0.25) is 0 Å². The third-order valence-corrected chi connectivity index (χ3v) is 3.15. The fourth-order valence-electron chi connectivity index (χ4n) is 1.36. The lowest BCUT2D eigenvalue weighted by Crippen LogP contribution is -2.20. The van der Waals surface area contributed by atoms with E-state index in [-0.39, 0.29) is 23.4 Å². The predicted molar refractivity (Wildman–Crippen MR) is 71.8 cm³/mol. The Hall–Kier alpha value is -2.28. The molecule has 0 aromatic heterocycles. The number of phenolic OH excluding ortho intramolecular Hbond substituents is 1. The second-order valence-corrected chi connectivity index (χ2v) is 4.70. The van der Waals surface area contributed by atoms with Crippen LogP contribution < -0.4 is 5.32 Å². The van der Waals surface area contributed by atoms with Gasteiger partial charge in [-0.25, -0.2) is 0 Å². The number of hydrogen-bond donors (Lipinski definition) is 3. The summed E-state index contributed by atoms with van der Waals surface area (Å²) >= 11 is 1.08. The molecule has 19 heavy (non-hydrogen) atoms. The summed E-state index contributed by atoms with van der Waals surface area (Å²) in [5.74, 6) is -1.23. The van der Waals surface area contributed by atoms with Gasteiger partial charge in [-0.2, -0.15) is 0 Å². The van der Waals surface area contributed by atoms with Crippen LogP contribution in [0.1, 0.15) is 5.56 Å². The first-order valence-corrected chi connectivity index (χ1v) is 6.12. The molecule has 0 radical (unpaired) electrons. The van der Waals surface area contributed by atoms with Gasteiger partial charge in [-0.05, 0) is 35.5 Å². The molecule has 1 aliphatic heterocycles. The van der Waals surface area contributed by atoms with Crippen LogP contribution in [-0.4, -0.2) is 33.8 Å². The van der Waals surface area contributed by atoms with Crippen LogP contribution >= 0.6 is 11.8 Å². The van der Waals surface area contributed by atoms with E-state index >= 15 is 0 Å². The lowest BCUT2D eigenvalue weighted by Gasteiger charge is -1.95. The summed E-state index contributed by atoms with van der Waals surface area (Å²) in [7, 11) is 0. The highest BCUT2D eigenvalue weighted by Crippen LogP contribution is 2.26. The lowest BCUT2D eigenvalue weighted by atomic mass is 10.2. The van der Waals surface area contributed by atoms with Crippen molar-refractivity contribution < 1.29 is 19.8 Å². The Morgan fingerprint density at radius 3 is 2.68 bits per heavy atom. The maximum atomic E-state index is 11.6. The van der Waals surface area contributed by atoms with Crippen LogP contribution in [0, 0.1) is 0 Å². The molecule has 0 bridgehead atoms. The van der Waals surface area contributed by atoms with Crippen molar-refractivity contribution in [2.45, 2.75) is 0 Å². The number of amides is 1. The van der Waals surface area contributed by atoms with Gasteiger partial charge in [0.15, 0.2) is 5.17 Å². The van der Waals surface area contributed by atoms with E-state index in [1.165, 1.54) is 12.1 Å². The van der Waals surface area contributed by atoms with Crippen molar-refractivity contribution in [1.82, 2.24) is 5.32 Å². The Morgan fingerprint density at radius 2 is 2.05 bits per heavy atom. The largest absolute Gasteiger partial charge is 0.508 e. The molecule has 6 nitrogen and oxygen atoms in total. The third kappa shape index (κ3) is 3.59. The molecule has 1 aromatic rings. The molecule has 1 aliphatic rings. The van der Waals surface area contributed by atoms with Crippen LogP contribution in [0.2, 0.25) is 0 Å². The highest BCUT2D eigenvalue weighted by Gasteiger charge is 2.23. The van der Waals surface area contributed by atoms with E-state index in [2.05, 4.69) is 10.3 Å². The highest BCUT2D eigenvalue weighted by atomic mass is 32.2. The number of benzene rings is 1. The number of hydrogen-bond acceptors (Lipinski definition) is 5. The number of rotatable bonds is 3. The second-order valence-electron chi connectivity index (χ2n) is 3.67. The minimum atomic E-state index is -1.06. The summed E-state index contributed by atoms with van der Waals surface area (Å²) in [6.07, 6.45) is 1.64. The molecular weight excluding hydrogens is 268 g/mol. The monoisotopic (exact) mass is 278 g/mol. The van der Waals surface area contributed by atoms with Crippen molar-refractivity contribution in [3.05, 3.63) is 34.7 Å². The number of amidine groups is 1. The summed E-state index contributed by atoms with van der Waals surface area (Å²) in [6.45, 7) is -0.380. The highest BCUT2D eigenvalue weighted by molar-refractivity contribution is 8.18. The van der Waals surface area contributed by atoms with Crippen LogP contribution in [0.25, 0.3) is 6.08 Å². The number of carboxylic acids is 1. The third-order valence-electron chi connectivity index (χ3n) is 2.20. The quantitative estimate of drug-likeness (QED) is 0.717. The molecule has 7 heteroatoms. The van der Waals surface area contributed by atoms with Gasteiger partial charge in [-0.1, -0.05) is 12.1 Å². The molecule has 2 rings (SSSR count). The van der Waals surface area contributed by atoms with E-state index < -0.39 is 5.97 Å². The number of carbonyl (C=O) groups is 2. The SMILES string of the molecule is O=C(O)CN=C1NC(=O)/C(=C/c2ccc(O)cc2)S1. The molecule has 0 aliphatic carbocycles. The minimum absolute atomic E-state index is 0.148. The average molecular weight is 278 g/mol. The average Bonchev–Trinajstić information content (AvgIpc) is 2.71. The van der Waals surface area contributed by atoms with Gasteiger partial charge in [0.25, 0.3) is 5.91 Å². The van der Waals surface area contributed by atoms with Crippen LogP contribution in [0.5, 0.6) is 5.75 Å². The molecule has 1 aromatic carbocycles. The molecule has 98 valence electrons. The molecule has 0 atom stereocenters. The Bertz CT molecular complexity index is 578. The van der Waals surface area contributed by atoms with Crippen molar-refractivity contribution in [2.75, 3.05) is 6.54 Å². The van der Waals surface area contributed by atoms with Crippen LogP contribution in [0.3, 0.4) is 0 Å². The van der Waals surface area contributed by atoms with Gasteiger partial charge in [0, 0.05) is 0 Å². The molecule has 1 amide bonds. The van der Waals surface area contributed by atoms with Crippen molar-refractivity contribution in [3.8, 4) is 5.75 Å². The van der Waals surface area contributed by atoms with Crippen LogP contribution in [0.4, 0.5) is 0 Å². The minimum Gasteiger partial charge on any atom is -0.508 e. The number of nitrogens with zero attached hydrogens (tertiary/aromatic N) is 1. The van der Waals surface area contributed by atoms with Gasteiger partial charge in [-0.3, -0.25) is 14.6 Å². The number of aliphatic carboxylic acids is 1. The molecule has 1 heterocycles. The first-order valence-electron chi connectivity index (χ1n) is 5.31. The van der Waals surface area contributed by atoms with Gasteiger partial charge in [0.05, 0.1) is 4.91 Å². The first-order chi connectivity index (χ1) is 9.04. The molecule has 0 unspecified atom stereocenters. The number of aliphatic imine (C=N–C) groups is 1. The molecule has 3 N–H and O–H groups in total. The zero-order valence-corrected chi connectivity index (χ0v) is 10.5. The summed E-state index contributed by atoms with van der Waals surface area (Å²) in [5.41, 5.74) is 0.759. The van der Waals surface area contributed by atoms with Crippen molar-refractivity contribution in [2.24, 2.45) is 4.99 Å². The summed E-state index contributed by atoms with van der Waals surface area (Å²) < 4.78 is 0. The van der Waals surface area contributed by atoms with Gasteiger partial charge >= 0.3 is 5.97 Å². The zero-order chi connectivity index (χ0) is 13.8. The smallest absolute Gasteiger partial charge is 0.325 e. The van der Waals surface area contributed by atoms with Crippen LogP contribution in [-0.2, 0) is 9.59 Å². The second kappa shape index (κ2) is 5.57. The number of phenols is 1. The Labute approximate surface area is 112 Å². The Kier molecular flexibility index (Phi) is 3.86. The number of aromatic hydroxyl groups is 1. The normalized spacial score (nSPS) is 18.8. The van der Waals surface area contributed by atoms with Crippen molar-refractivity contribution in [1.29, 1.82) is 0 Å². The summed E-state index contributed by atoms with van der Waals surface area (Å²) in [4.78, 5) is 26.2. The molecule has 0 spiro atoms. The van der Waals surface area contributed by atoms with E-state index in [1.54, 1.807) is 18.2 Å². The van der Waals surface area contributed by atoms with Crippen molar-refractivity contribution in [3.63, 3.8) is 0 Å². The maximum Gasteiger partial charge on any atom is 0.325 e. The number of carbonyl (C=O) groups excluding carboxylic acids is 1. The van der Waals surface area contributed by atoms with Crippen LogP contribution in [0.15, 0.2) is 34.2 Å². The Balaban J connectivity index is 2.13. The van der Waals surface area contributed by atoms with Gasteiger partial charge in [-0.15, -0.1) is 0 Å². The van der Waals surface area contributed by atoms with E-state index in [4.69, 9.17) is 10.2 Å². The molecule has 1 fully saturated rings. The number of nitrogens with one attached hydrogen (secondary N) is 1. The Morgan fingerprint density at radius 1 is 1.37 bits per heavy atom. The van der Waals surface area contributed by atoms with E-state index in [0.717, 1.165) is 17.3 Å². The fourth-order valence-corrected chi connectivity index (χ4v) is 2.18.